The van der Waals surface area contributed by atoms with Crippen molar-refractivity contribution in [2.45, 2.75) is 25.2 Å². The standard InChI is InChI=1S/C33H32ClN3O6S/c1-21-5-14-30(43-4)31(17-21)44(40,41)37(26-11-6-22(2)28(34)19-26)20-32(38)35-25-10-7-23-15-16-36(29(23)18-25)33(39)24-8-12-27(42-3)13-9-24/h5-14,17-19H,15-16,20H2,1-4H3,(H,35,38). The molecule has 44 heavy (non-hydrogen) atoms. The maximum atomic E-state index is 14.1. The van der Waals surface area contributed by atoms with Crippen LogP contribution in [0.15, 0.2) is 83.8 Å². The summed E-state index contributed by atoms with van der Waals surface area (Å²) < 4.78 is 39.7. The first kappa shape index (κ1) is 30.9. The lowest BCUT2D eigenvalue weighted by molar-refractivity contribution is -0.114. The van der Waals surface area contributed by atoms with Crippen molar-refractivity contribution in [3.8, 4) is 11.5 Å². The first-order valence-corrected chi connectivity index (χ1v) is 15.7. The number of amides is 2. The van der Waals surface area contributed by atoms with Gasteiger partial charge in [-0.15, -0.1) is 0 Å². The van der Waals surface area contributed by atoms with Gasteiger partial charge in [0.1, 0.15) is 22.9 Å². The lowest BCUT2D eigenvalue weighted by Crippen LogP contribution is -2.38. The number of ether oxygens (including phenoxy) is 2. The number of sulfonamides is 1. The fourth-order valence-electron chi connectivity index (χ4n) is 5.04. The third-order valence-electron chi connectivity index (χ3n) is 7.46. The summed E-state index contributed by atoms with van der Waals surface area (Å²) in [5.41, 5.74) is 4.29. The second kappa shape index (κ2) is 12.6. The highest BCUT2D eigenvalue weighted by Crippen LogP contribution is 2.34. The predicted octanol–water partition coefficient (Wildman–Crippen LogP) is 6.01. The van der Waals surface area contributed by atoms with Gasteiger partial charge in [-0.1, -0.05) is 29.8 Å². The molecule has 0 unspecified atom stereocenters. The summed E-state index contributed by atoms with van der Waals surface area (Å²) >= 11 is 6.37. The number of anilines is 3. The largest absolute Gasteiger partial charge is 0.497 e. The Morgan fingerprint density at radius 1 is 0.932 bits per heavy atom. The van der Waals surface area contributed by atoms with Crippen molar-refractivity contribution in [3.05, 3.63) is 106 Å². The molecule has 2 amide bonds. The Bertz CT molecular complexity index is 1840. The van der Waals surface area contributed by atoms with E-state index >= 15 is 0 Å². The Balaban J connectivity index is 1.43. The highest BCUT2D eigenvalue weighted by molar-refractivity contribution is 7.93. The number of carbonyl (C=O) groups is 2. The van der Waals surface area contributed by atoms with E-state index in [0.29, 0.717) is 46.2 Å². The predicted molar refractivity (Wildman–Crippen MR) is 172 cm³/mol. The Morgan fingerprint density at radius 3 is 2.36 bits per heavy atom. The number of nitrogens with zero attached hydrogens (tertiary/aromatic N) is 2. The van der Waals surface area contributed by atoms with Gasteiger partial charge in [0.15, 0.2) is 0 Å². The summed E-state index contributed by atoms with van der Waals surface area (Å²) in [4.78, 5) is 28.4. The van der Waals surface area contributed by atoms with E-state index in [9.17, 15) is 18.0 Å². The maximum absolute atomic E-state index is 14.1. The number of rotatable bonds is 9. The molecule has 228 valence electrons. The number of hydrogen-bond acceptors (Lipinski definition) is 6. The molecule has 0 spiro atoms. The molecule has 0 aromatic heterocycles. The SMILES string of the molecule is COc1ccc(C(=O)N2CCc3ccc(NC(=O)CN(c4ccc(C)c(Cl)c4)S(=O)(=O)c4cc(C)ccc4OC)cc32)cc1. The van der Waals surface area contributed by atoms with E-state index in [4.69, 9.17) is 21.1 Å². The van der Waals surface area contributed by atoms with E-state index in [2.05, 4.69) is 5.32 Å². The normalized spacial score (nSPS) is 12.4. The molecular weight excluding hydrogens is 602 g/mol. The minimum Gasteiger partial charge on any atom is -0.497 e. The van der Waals surface area contributed by atoms with E-state index in [1.54, 1.807) is 86.5 Å². The number of carbonyl (C=O) groups excluding carboxylic acids is 2. The van der Waals surface area contributed by atoms with Gasteiger partial charge in [0.2, 0.25) is 5.91 Å². The van der Waals surface area contributed by atoms with Gasteiger partial charge >= 0.3 is 0 Å². The maximum Gasteiger partial charge on any atom is 0.268 e. The Morgan fingerprint density at radius 2 is 1.68 bits per heavy atom. The minimum absolute atomic E-state index is 0.0743. The van der Waals surface area contributed by atoms with E-state index in [0.717, 1.165) is 15.4 Å². The van der Waals surface area contributed by atoms with Crippen LogP contribution in [0.4, 0.5) is 17.1 Å². The van der Waals surface area contributed by atoms with E-state index in [1.165, 1.54) is 19.2 Å². The number of halogens is 1. The molecule has 11 heteroatoms. The summed E-state index contributed by atoms with van der Waals surface area (Å²) in [5.74, 6) is 0.0519. The molecule has 4 aromatic carbocycles. The van der Waals surface area contributed by atoms with Gasteiger partial charge in [0, 0.05) is 28.5 Å². The van der Waals surface area contributed by atoms with Crippen LogP contribution in [0.25, 0.3) is 0 Å². The number of methoxy groups -OCH3 is 2. The smallest absolute Gasteiger partial charge is 0.268 e. The first-order valence-electron chi connectivity index (χ1n) is 13.8. The third kappa shape index (κ3) is 6.22. The zero-order valence-electron chi connectivity index (χ0n) is 24.8. The molecule has 1 N–H and O–H groups in total. The van der Waals surface area contributed by atoms with Crippen LogP contribution in [0.1, 0.15) is 27.0 Å². The van der Waals surface area contributed by atoms with Gasteiger partial charge < -0.3 is 19.7 Å². The van der Waals surface area contributed by atoms with Crippen molar-refractivity contribution in [2.75, 3.05) is 41.8 Å². The summed E-state index contributed by atoms with van der Waals surface area (Å²) in [6.45, 7) is 3.53. The molecule has 5 rings (SSSR count). The average molecular weight is 634 g/mol. The van der Waals surface area contributed by atoms with Crippen molar-refractivity contribution in [3.63, 3.8) is 0 Å². The molecule has 0 radical (unpaired) electrons. The van der Waals surface area contributed by atoms with Crippen molar-refractivity contribution in [1.82, 2.24) is 0 Å². The van der Waals surface area contributed by atoms with Gasteiger partial charge in [-0.05, 0) is 97.6 Å². The number of benzene rings is 4. The average Bonchev–Trinajstić information content (AvgIpc) is 3.44. The molecule has 0 atom stereocenters. The van der Waals surface area contributed by atoms with E-state index in [1.807, 2.05) is 6.07 Å². The molecule has 0 saturated carbocycles. The van der Waals surface area contributed by atoms with Crippen LogP contribution in [0.3, 0.4) is 0 Å². The van der Waals surface area contributed by atoms with Crippen molar-refractivity contribution in [2.24, 2.45) is 0 Å². The van der Waals surface area contributed by atoms with Crippen LogP contribution in [0.2, 0.25) is 5.02 Å². The minimum atomic E-state index is -4.27. The molecule has 0 aliphatic carbocycles. The first-order chi connectivity index (χ1) is 21.0. The molecule has 0 bridgehead atoms. The Kier molecular flexibility index (Phi) is 8.85. The van der Waals surface area contributed by atoms with E-state index in [-0.39, 0.29) is 22.2 Å². The van der Waals surface area contributed by atoms with Gasteiger partial charge in [-0.3, -0.25) is 13.9 Å². The summed E-state index contributed by atoms with van der Waals surface area (Å²) in [5, 5.41) is 3.17. The molecule has 1 aliphatic rings. The van der Waals surface area contributed by atoms with Gasteiger partial charge in [0.05, 0.1) is 19.9 Å². The molecule has 0 saturated heterocycles. The number of nitrogens with one attached hydrogen (secondary N) is 1. The van der Waals surface area contributed by atoms with Crippen LogP contribution >= 0.6 is 11.6 Å². The van der Waals surface area contributed by atoms with Crippen molar-refractivity contribution < 1.29 is 27.5 Å². The molecular formula is C33H32ClN3O6S. The van der Waals surface area contributed by atoms with Crippen LogP contribution in [-0.4, -0.2) is 47.5 Å². The monoisotopic (exact) mass is 633 g/mol. The molecule has 4 aromatic rings. The highest BCUT2D eigenvalue weighted by atomic mass is 35.5. The zero-order chi connectivity index (χ0) is 31.6. The summed E-state index contributed by atoms with van der Waals surface area (Å²) in [7, 11) is -1.32. The summed E-state index contributed by atoms with van der Waals surface area (Å²) in [6, 6.07) is 21.8. The fraction of sp³-hybridized carbons (Fsp3) is 0.212. The summed E-state index contributed by atoms with van der Waals surface area (Å²) in [6.07, 6.45) is 0.671. The third-order valence-corrected chi connectivity index (χ3v) is 9.67. The molecule has 1 aliphatic heterocycles. The number of hydrogen-bond donors (Lipinski definition) is 1. The molecule has 0 fully saturated rings. The van der Waals surface area contributed by atoms with Crippen LogP contribution in [-0.2, 0) is 21.2 Å². The van der Waals surface area contributed by atoms with Crippen LogP contribution in [0.5, 0.6) is 11.5 Å². The topological polar surface area (TPSA) is 105 Å². The Hall–Kier alpha value is -4.54. The molecule has 9 nitrogen and oxygen atoms in total. The second-order valence-electron chi connectivity index (χ2n) is 10.4. The second-order valence-corrected chi connectivity index (χ2v) is 12.7. The lowest BCUT2D eigenvalue weighted by Gasteiger charge is -2.25. The highest BCUT2D eigenvalue weighted by Gasteiger charge is 2.31. The quantitative estimate of drug-likeness (QED) is 0.242. The van der Waals surface area contributed by atoms with Crippen LogP contribution < -0.4 is 24.0 Å². The fourth-order valence-corrected chi connectivity index (χ4v) is 6.88. The van der Waals surface area contributed by atoms with Crippen molar-refractivity contribution >= 4 is 50.5 Å². The zero-order valence-corrected chi connectivity index (χ0v) is 26.3. The Labute approximate surface area is 262 Å². The number of fused-ring (bicyclic) bond motifs is 1. The number of aryl methyl sites for hydroxylation is 2. The van der Waals surface area contributed by atoms with Gasteiger partial charge in [-0.2, -0.15) is 0 Å². The molecule has 1 heterocycles. The lowest BCUT2D eigenvalue weighted by atomic mass is 10.1. The van der Waals surface area contributed by atoms with E-state index < -0.39 is 22.5 Å². The van der Waals surface area contributed by atoms with Gasteiger partial charge in [0.25, 0.3) is 15.9 Å². The van der Waals surface area contributed by atoms with Crippen LogP contribution in [0, 0.1) is 13.8 Å². The van der Waals surface area contributed by atoms with Crippen molar-refractivity contribution in [1.29, 1.82) is 0 Å². The van der Waals surface area contributed by atoms with Gasteiger partial charge in [-0.25, -0.2) is 8.42 Å².